The summed E-state index contributed by atoms with van der Waals surface area (Å²) < 4.78 is 13.9. The Labute approximate surface area is 93.0 Å². The van der Waals surface area contributed by atoms with Crippen LogP contribution in [0.1, 0.15) is 5.56 Å². The SMILES string of the molecule is O=C(O)Cc1c[nH]c2c(F)c(Br)ccc12. The average Bonchev–Trinajstić information content (AvgIpc) is 2.55. The molecule has 0 bridgehead atoms. The number of rotatable bonds is 2. The Bertz CT molecular complexity index is 535. The van der Waals surface area contributed by atoms with Crippen molar-refractivity contribution < 1.29 is 14.3 Å². The van der Waals surface area contributed by atoms with Crippen LogP contribution in [-0.2, 0) is 11.2 Å². The van der Waals surface area contributed by atoms with E-state index in [-0.39, 0.29) is 6.42 Å². The first-order chi connectivity index (χ1) is 7.09. The zero-order valence-corrected chi connectivity index (χ0v) is 9.14. The van der Waals surface area contributed by atoms with Crippen LogP contribution in [0.25, 0.3) is 10.9 Å². The number of H-pyrrole nitrogens is 1. The molecule has 15 heavy (non-hydrogen) atoms. The molecule has 0 aliphatic carbocycles. The van der Waals surface area contributed by atoms with Gasteiger partial charge < -0.3 is 10.1 Å². The summed E-state index contributed by atoms with van der Waals surface area (Å²) in [6.07, 6.45) is 1.41. The minimum absolute atomic E-state index is 0.110. The summed E-state index contributed by atoms with van der Waals surface area (Å²) in [4.78, 5) is 13.3. The molecule has 5 heteroatoms. The Morgan fingerprint density at radius 3 is 2.93 bits per heavy atom. The Balaban J connectivity index is 2.61. The molecule has 0 unspecified atom stereocenters. The molecule has 0 atom stereocenters. The van der Waals surface area contributed by atoms with E-state index in [0.29, 0.717) is 20.9 Å². The number of aromatic amines is 1. The second-order valence-electron chi connectivity index (χ2n) is 3.17. The summed E-state index contributed by atoms with van der Waals surface area (Å²) in [5.74, 6) is -1.33. The minimum atomic E-state index is -0.931. The van der Waals surface area contributed by atoms with Crippen LogP contribution in [0.2, 0.25) is 0 Å². The van der Waals surface area contributed by atoms with Crippen molar-refractivity contribution >= 4 is 32.8 Å². The molecule has 0 amide bonds. The molecule has 1 aromatic heterocycles. The molecule has 2 aromatic rings. The fourth-order valence-electron chi connectivity index (χ4n) is 1.51. The average molecular weight is 272 g/mol. The Kier molecular flexibility index (Phi) is 2.48. The van der Waals surface area contributed by atoms with Gasteiger partial charge in [-0.15, -0.1) is 0 Å². The molecule has 0 aliphatic heterocycles. The van der Waals surface area contributed by atoms with Gasteiger partial charge in [-0.3, -0.25) is 4.79 Å². The standard InChI is InChI=1S/C10H7BrFNO2/c11-7-2-1-6-5(3-8(14)15)4-13-10(6)9(7)12/h1-2,4,13H,3H2,(H,14,15). The highest BCUT2D eigenvalue weighted by atomic mass is 79.9. The van der Waals surface area contributed by atoms with Crippen molar-refractivity contribution in [2.24, 2.45) is 0 Å². The third-order valence-corrected chi connectivity index (χ3v) is 2.79. The van der Waals surface area contributed by atoms with Gasteiger partial charge in [0, 0.05) is 11.6 Å². The van der Waals surface area contributed by atoms with Gasteiger partial charge in [-0.25, -0.2) is 4.39 Å². The Morgan fingerprint density at radius 1 is 1.53 bits per heavy atom. The van der Waals surface area contributed by atoms with Crippen molar-refractivity contribution in [2.45, 2.75) is 6.42 Å². The quantitative estimate of drug-likeness (QED) is 0.883. The molecule has 2 rings (SSSR count). The summed E-state index contributed by atoms with van der Waals surface area (Å²) in [6.45, 7) is 0. The zero-order chi connectivity index (χ0) is 11.0. The molecule has 78 valence electrons. The summed E-state index contributed by atoms with van der Waals surface area (Å²) in [6, 6.07) is 3.26. The first-order valence-corrected chi connectivity index (χ1v) is 5.04. The molecule has 0 spiro atoms. The zero-order valence-electron chi connectivity index (χ0n) is 7.55. The fraction of sp³-hybridized carbons (Fsp3) is 0.100. The van der Waals surface area contributed by atoms with E-state index in [1.807, 2.05) is 0 Å². The van der Waals surface area contributed by atoms with E-state index in [2.05, 4.69) is 20.9 Å². The molecular weight excluding hydrogens is 265 g/mol. The van der Waals surface area contributed by atoms with Gasteiger partial charge in [0.25, 0.3) is 0 Å². The van der Waals surface area contributed by atoms with E-state index in [1.165, 1.54) is 6.20 Å². The number of hydrogen-bond donors (Lipinski definition) is 2. The highest BCUT2D eigenvalue weighted by Gasteiger charge is 2.12. The maximum Gasteiger partial charge on any atom is 0.307 e. The van der Waals surface area contributed by atoms with Crippen LogP contribution < -0.4 is 0 Å². The lowest BCUT2D eigenvalue weighted by molar-refractivity contribution is -0.136. The highest BCUT2D eigenvalue weighted by Crippen LogP contribution is 2.26. The van der Waals surface area contributed by atoms with E-state index in [1.54, 1.807) is 12.1 Å². The molecule has 0 radical (unpaired) electrons. The maximum atomic E-state index is 13.5. The van der Waals surface area contributed by atoms with Crippen molar-refractivity contribution in [3.8, 4) is 0 Å². The largest absolute Gasteiger partial charge is 0.481 e. The van der Waals surface area contributed by atoms with E-state index < -0.39 is 11.8 Å². The number of carboxylic acids is 1. The lowest BCUT2D eigenvalue weighted by Crippen LogP contribution is -1.98. The monoisotopic (exact) mass is 271 g/mol. The van der Waals surface area contributed by atoms with Gasteiger partial charge in [0.05, 0.1) is 16.4 Å². The van der Waals surface area contributed by atoms with Gasteiger partial charge in [-0.1, -0.05) is 6.07 Å². The van der Waals surface area contributed by atoms with Crippen molar-refractivity contribution in [3.05, 3.63) is 34.2 Å². The summed E-state index contributed by atoms with van der Waals surface area (Å²) in [7, 11) is 0. The van der Waals surface area contributed by atoms with Gasteiger partial charge >= 0.3 is 5.97 Å². The van der Waals surface area contributed by atoms with Crippen LogP contribution in [0.4, 0.5) is 4.39 Å². The van der Waals surface area contributed by atoms with E-state index >= 15 is 0 Å². The Hall–Kier alpha value is -1.36. The number of aromatic nitrogens is 1. The van der Waals surface area contributed by atoms with Crippen molar-refractivity contribution in [2.75, 3.05) is 0 Å². The van der Waals surface area contributed by atoms with E-state index in [9.17, 15) is 9.18 Å². The van der Waals surface area contributed by atoms with Crippen molar-refractivity contribution in [1.29, 1.82) is 0 Å². The Morgan fingerprint density at radius 2 is 2.27 bits per heavy atom. The number of nitrogens with one attached hydrogen (secondary N) is 1. The number of benzene rings is 1. The number of carbonyl (C=O) groups is 1. The lowest BCUT2D eigenvalue weighted by atomic mass is 10.1. The first kappa shape index (κ1) is 10.2. The van der Waals surface area contributed by atoms with E-state index in [0.717, 1.165) is 0 Å². The molecule has 3 nitrogen and oxygen atoms in total. The fourth-order valence-corrected chi connectivity index (χ4v) is 1.84. The molecule has 1 aromatic carbocycles. The summed E-state index contributed by atoms with van der Waals surface area (Å²) in [5, 5.41) is 9.26. The number of hydrogen-bond acceptors (Lipinski definition) is 1. The summed E-state index contributed by atoms with van der Waals surface area (Å²) >= 11 is 3.07. The van der Waals surface area contributed by atoms with Crippen LogP contribution in [0, 0.1) is 5.82 Å². The number of fused-ring (bicyclic) bond motifs is 1. The van der Waals surface area contributed by atoms with Crippen molar-refractivity contribution in [3.63, 3.8) is 0 Å². The maximum absolute atomic E-state index is 13.5. The second-order valence-corrected chi connectivity index (χ2v) is 4.02. The molecular formula is C10H7BrFNO2. The predicted octanol–water partition coefficient (Wildman–Crippen LogP) is 2.70. The molecule has 0 fully saturated rings. The van der Waals surface area contributed by atoms with Gasteiger partial charge in [-0.05, 0) is 27.6 Å². The second kappa shape index (κ2) is 3.66. The smallest absolute Gasteiger partial charge is 0.307 e. The lowest BCUT2D eigenvalue weighted by Gasteiger charge is -1.97. The first-order valence-electron chi connectivity index (χ1n) is 4.25. The van der Waals surface area contributed by atoms with Gasteiger partial charge in [0.2, 0.25) is 0 Å². The number of aliphatic carboxylic acids is 1. The van der Waals surface area contributed by atoms with E-state index in [4.69, 9.17) is 5.11 Å². The molecule has 1 heterocycles. The third-order valence-electron chi connectivity index (χ3n) is 2.17. The number of halogens is 2. The third kappa shape index (κ3) is 1.74. The van der Waals surface area contributed by atoms with Crippen LogP contribution in [0.5, 0.6) is 0 Å². The van der Waals surface area contributed by atoms with Crippen LogP contribution in [0.15, 0.2) is 22.8 Å². The minimum Gasteiger partial charge on any atom is -0.481 e. The van der Waals surface area contributed by atoms with Gasteiger partial charge in [-0.2, -0.15) is 0 Å². The van der Waals surface area contributed by atoms with Crippen LogP contribution >= 0.6 is 15.9 Å². The molecule has 0 saturated heterocycles. The topological polar surface area (TPSA) is 53.1 Å². The molecule has 0 saturated carbocycles. The predicted molar refractivity (Wildman–Crippen MR) is 57.3 cm³/mol. The van der Waals surface area contributed by atoms with Gasteiger partial charge in [0.15, 0.2) is 5.82 Å². The number of carboxylic acid groups (broad SMARTS) is 1. The molecule has 0 aliphatic rings. The van der Waals surface area contributed by atoms with Crippen LogP contribution in [0.3, 0.4) is 0 Å². The summed E-state index contributed by atoms with van der Waals surface area (Å²) in [5.41, 5.74) is 0.921. The highest BCUT2D eigenvalue weighted by molar-refractivity contribution is 9.10. The van der Waals surface area contributed by atoms with Crippen molar-refractivity contribution in [1.82, 2.24) is 4.98 Å². The van der Waals surface area contributed by atoms with Crippen LogP contribution in [-0.4, -0.2) is 16.1 Å². The van der Waals surface area contributed by atoms with Gasteiger partial charge in [0.1, 0.15) is 0 Å². The molecule has 2 N–H and O–H groups in total. The normalized spacial score (nSPS) is 10.8.